The summed E-state index contributed by atoms with van der Waals surface area (Å²) >= 11 is 0. The van der Waals surface area contributed by atoms with Gasteiger partial charge in [-0.25, -0.2) is 0 Å². The number of hydrogen-bond acceptors (Lipinski definition) is 5. The topological polar surface area (TPSA) is 81.0 Å². The predicted molar refractivity (Wildman–Crippen MR) is 93.3 cm³/mol. The average Bonchev–Trinajstić information content (AvgIpc) is 2.51. The second kappa shape index (κ2) is 5.45. The standard InChI is InChI=1S/C19H17NO4/c1-10-4-6-12(14(21)8-10)16-18(23)17(19(16)24)13-7-5-11(20(2)3)9-15(13)22/h4-9,21-23H,1H2,2-3H3/b16-12+. The van der Waals surface area contributed by atoms with E-state index in [4.69, 9.17) is 0 Å². The number of aliphatic hydroxyl groups excluding tert-OH is 1. The summed E-state index contributed by atoms with van der Waals surface area (Å²) in [7, 11) is 3.67. The minimum Gasteiger partial charge on any atom is -0.507 e. The smallest absolute Gasteiger partial charge is 0.202 e. The molecule has 2 aromatic carbocycles. The lowest BCUT2D eigenvalue weighted by atomic mass is 9.81. The normalized spacial score (nSPS) is 16.2. The summed E-state index contributed by atoms with van der Waals surface area (Å²) in [5, 5.41) is 31.3. The molecule has 5 heteroatoms. The van der Waals surface area contributed by atoms with Gasteiger partial charge in [-0.05, 0) is 29.5 Å². The van der Waals surface area contributed by atoms with Crippen LogP contribution in [-0.4, -0.2) is 35.2 Å². The van der Waals surface area contributed by atoms with Crippen molar-refractivity contribution in [3.05, 3.63) is 58.2 Å². The van der Waals surface area contributed by atoms with Crippen LogP contribution in [0.3, 0.4) is 0 Å². The van der Waals surface area contributed by atoms with E-state index >= 15 is 0 Å². The van der Waals surface area contributed by atoms with Crippen LogP contribution in [-0.2, 0) is 4.79 Å². The molecule has 0 unspecified atom stereocenters. The average molecular weight is 323 g/mol. The van der Waals surface area contributed by atoms with Gasteiger partial charge in [0.15, 0.2) is 0 Å². The molecule has 1 aliphatic rings. The number of anilines is 1. The molecule has 0 atom stereocenters. The second-order valence-corrected chi connectivity index (χ2v) is 5.88. The Kier molecular flexibility index (Phi) is 3.56. The Morgan fingerprint density at radius 2 is 1.62 bits per heavy atom. The van der Waals surface area contributed by atoms with E-state index in [1.54, 1.807) is 18.2 Å². The molecule has 122 valence electrons. The zero-order valence-electron chi connectivity index (χ0n) is 13.4. The summed E-state index contributed by atoms with van der Waals surface area (Å²) in [6.07, 6.45) is 0. The van der Waals surface area contributed by atoms with Crippen LogP contribution >= 0.6 is 0 Å². The number of hydrogen-bond donors (Lipinski definition) is 3. The Labute approximate surface area is 138 Å². The summed E-state index contributed by atoms with van der Waals surface area (Å²) < 4.78 is 0. The zero-order valence-corrected chi connectivity index (χ0v) is 13.4. The molecular formula is C19H17NO4. The molecule has 0 bridgehead atoms. The maximum Gasteiger partial charge on any atom is 0.202 e. The molecule has 0 spiro atoms. The molecule has 3 N–H and O–H groups in total. The van der Waals surface area contributed by atoms with E-state index in [-0.39, 0.29) is 39.2 Å². The molecule has 0 aromatic heterocycles. The molecule has 0 radical (unpaired) electrons. The summed E-state index contributed by atoms with van der Waals surface area (Å²) in [6.45, 7) is 3.69. The van der Waals surface area contributed by atoms with E-state index in [1.165, 1.54) is 18.2 Å². The first-order valence-corrected chi connectivity index (χ1v) is 7.32. The SMILES string of the molecule is C=c1cc/c(=C2\C(=O)C(c3ccc(N(C)C)cc3O)=C2O)c(O)c1. The van der Waals surface area contributed by atoms with Crippen LogP contribution in [0.2, 0.25) is 0 Å². The van der Waals surface area contributed by atoms with E-state index in [9.17, 15) is 20.1 Å². The van der Waals surface area contributed by atoms with Crippen molar-refractivity contribution in [1.29, 1.82) is 0 Å². The van der Waals surface area contributed by atoms with Gasteiger partial charge in [0.1, 0.15) is 17.3 Å². The van der Waals surface area contributed by atoms with E-state index < -0.39 is 5.78 Å². The minimum atomic E-state index is -0.424. The van der Waals surface area contributed by atoms with Crippen LogP contribution in [0.1, 0.15) is 5.56 Å². The van der Waals surface area contributed by atoms with Gasteiger partial charge in [0.2, 0.25) is 5.78 Å². The molecule has 0 saturated carbocycles. The number of aromatic hydroxyl groups is 2. The van der Waals surface area contributed by atoms with Crippen molar-refractivity contribution in [2.75, 3.05) is 19.0 Å². The molecule has 2 aromatic rings. The van der Waals surface area contributed by atoms with Crippen LogP contribution in [0.5, 0.6) is 11.5 Å². The third-order valence-corrected chi connectivity index (χ3v) is 4.03. The third kappa shape index (κ3) is 2.31. The lowest BCUT2D eigenvalue weighted by molar-refractivity contribution is -0.110. The van der Waals surface area contributed by atoms with Crippen LogP contribution in [0.15, 0.2) is 42.2 Å². The van der Waals surface area contributed by atoms with Gasteiger partial charge in [0, 0.05) is 36.6 Å². The number of ketones is 1. The highest BCUT2D eigenvalue weighted by molar-refractivity contribution is 6.52. The molecule has 0 aliphatic heterocycles. The maximum atomic E-state index is 12.5. The Balaban J connectivity index is 2.17. The lowest BCUT2D eigenvalue weighted by Crippen LogP contribution is -2.27. The fourth-order valence-electron chi connectivity index (χ4n) is 2.70. The van der Waals surface area contributed by atoms with E-state index in [2.05, 4.69) is 6.58 Å². The number of phenols is 2. The first-order chi connectivity index (χ1) is 11.3. The number of benzene rings is 2. The molecule has 5 nitrogen and oxygen atoms in total. The van der Waals surface area contributed by atoms with Crippen LogP contribution in [0, 0.1) is 0 Å². The van der Waals surface area contributed by atoms with E-state index in [1.807, 2.05) is 19.0 Å². The quantitative estimate of drug-likeness (QED) is 0.776. The van der Waals surface area contributed by atoms with Gasteiger partial charge in [0.05, 0.1) is 11.1 Å². The number of rotatable bonds is 2. The Hall–Kier alpha value is -3.21. The number of nitrogens with zero attached hydrogens (tertiary/aromatic N) is 1. The summed E-state index contributed by atoms with van der Waals surface area (Å²) in [6, 6.07) is 9.45. The first-order valence-electron chi connectivity index (χ1n) is 7.32. The van der Waals surface area contributed by atoms with Crippen LogP contribution in [0.4, 0.5) is 5.69 Å². The number of carbonyl (C=O) groups excluding carboxylic acids is 1. The number of phenolic OH excluding ortho intramolecular Hbond substituents is 2. The van der Waals surface area contributed by atoms with Crippen molar-refractivity contribution in [3.63, 3.8) is 0 Å². The summed E-state index contributed by atoms with van der Waals surface area (Å²) in [5.41, 5.74) is 1.13. The number of carbonyl (C=O) groups is 1. The van der Waals surface area contributed by atoms with Crippen LogP contribution in [0.25, 0.3) is 17.7 Å². The molecule has 3 rings (SSSR count). The number of allylic oxidation sites excluding steroid dienone is 2. The minimum absolute atomic E-state index is 0.0404. The van der Waals surface area contributed by atoms with Crippen molar-refractivity contribution in [3.8, 4) is 11.5 Å². The Bertz CT molecular complexity index is 1000. The predicted octanol–water partition coefficient (Wildman–Crippen LogP) is 1.28. The monoisotopic (exact) mass is 323 g/mol. The lowest BCUT2D eigenvalue weighted by Gasteiger charge is -2.23. The largest absolute Gasteiger partial charge is 0.507 e. The van der Waals surface area contributed by atoms with E-state index in [0.29, 0.717) is 5.22 Å². The van der Waals surface area contributed by atoms with Gasteiger partial charge in [-0.15, -0.1) is 0 Å². The van der Waals surface area contributed by atoms with Gasteiger partial charge in [-0.3, -0.25) is 4.79 Å². The maximum absolute atomic E-state index is 12.5. The highest BCUT2D eigenvalue weighted by Crippen LogP contribution is 2.41. The zero-order chi connectivity index (χ0) is 17.6. The summed E-state index contributed by atoms with van der Waals surface area (Å²) in [4.78, 5) is 14.3. The van der Waals surface area contributed by atoms with Gasteiger partial charge < -0.3 is 20.2 Å². The number of aliphatic hydroxyl groups is 1. The molecule has 1 aliphatic carbocycles. The number of Topliss-reactive ketones (excluding diaryl/α,β-unsaturated/α-hetero) is 1. The third-order valence-electron chi connectivity index (χ3n) is 4.03. The molecule has 24 heavy (non-hydrogen) atoms. The Morgan fingerprint density at radius 3 is 2.17 bits per heavy atom. The molecule has 0 heterocycles. The van der Waals surface area contributed by atoms with Crippen molar-refractivity contribution in [2.24, 2.45) is 0 Å². The van der Waals surface area contributed by atoms with Gasteiger partial charge in [-0.2, -0.15) is 0 Å². The van der Waals surface area contributed by atoms with Crippen LogP contribution < -0.4 is 15.3 Å². The van der Waals surface area contributed by atoms with E-state index in [0.717, 1.165) is 5.69 Å². The van der Waals surface area contributed by atoms with Gasteiger partial charge in [-0.1, -0.05) is 12.6 Å². The van der Waals surface area contributed by atoms with Crippen molar-refractivity contribution in [1.82, 2.24) is 0 Å². The molecule has 0 amide bonds. The fraction of sp³-hybridized carbons (Fsp3) is 0.105. The highest BCUT2D eigenvalue weighted by Gasteiger charge is 2.37. The Morgan fingerprint density at radius 1 is 0.917 bits per heavy atom. The molecule has 0 fully saturated rings. The molecular weight excluding hydrogens is 306 g/mol. The molecule has 0 saturated heterocycles. The van der Waals surface area contributed by atoms with Gasteiger partial charge >= 0.3 is 0 Å². The van der Waals surface area contributed by atoms with Crippen molar-refractivity contribution >= 4 is 29.2 Å². The summed E-state index contributed by atoms with van der Waals surface area (Å²) in [5.74, 6) is -0.872. The second-order valence-electron chi connectivity index (χ2n) is 5.88. The van der Waals surface area contributed by atoms with Gasteiger partial charge in [0.25, 0.3) is 0 Å². The highest BCUT2D eigenvalue weighted by atomic mass is 16.3. The van der Waals surface area contributed by atoms with Crippen molar-refractivity contribution in [2.45, 2.75) is 0 Å². The first kappa shape index (κ1) is 15.7. The van der Waals surface area contributed by atoms with Crippen molar-refractivity contribution < 1.29 is 20.1 Å². The fourth-order valence-corrected chi connectivity index (χ4v) is 2.70.